The molecule has 1 aliphatic rings. The normalized spacial score (nSPS) is 12.0. The third-order valence-corrected chi connectivity index (χ3v) is 6.34. The number of hydrogen-bond donors (Lipinski definition) is 2. The molecule has 4 aromatic rings. The summed E-state index contributed by atoms with van der Waals surface area (Å²) in [7, 11) is 0. The van der Waals surface area contributed by atoms with Crippen LogP contribution in [0.25, 0.3) is 11.3 Å². The van der Waals surface area contributed by atoms with Crippen LogP contribution in [0.5, 0.6) is 0 Å². The number of fused-ring (bicyclic) bond motifs is 3. The van der Waals surface area contributed by atoms with Gasteiger partial charge in [-0.3, -0.25) is 4.79 Å². The molecule has 0 saturated carbocycles. The van der Waals surface area contributed by atoms with Crippen LogP contribution in [0.15, 0.2) is 72.8 Å². The molecule has 0 bridgehead atoms. The van der Waals surface area contributed by atoms with Gasteiger partial charge in [0.2, 0.25) is 5.91 Å². The lowest BCUT2D eigenvalue weighted by Gasteiger charge is -2.21. The number of hydrogen-bond acceptors (Lipinski definition) is 4. The van der Waals surface area contributed by atoms with Crippen LogP contribution in [0.4, 0.5) is 11.5 Å². The fourth-order valence-electron chi connectivity index (χ4n) is 4.35. The molecular weight excluding hydrogens is 444 g/mol. The number of carbonyl (C=O) groups excluding carboxylic acids is 1. The fourth-order valence-corrected chi connectivity index (χ4v) is 4.47. The predicted molar refractivity (Wildman–Crippen MR) is 137 cm³/mol. The third kappa shape index (κ3) is 4.95. The van der Waals surface area contributed by atoms with Gasteiger partial charge in [0.15, 0.2) is 5.82 Å². The molecule has 5 rings (SSSR count). The Hall–Kier alpha value is -3.70. The highest BCUT2D eigenvalue weighted by Gasteiger charge is 2.22. The number of rotatable bonds is 6. The number of anilines is 2. The summed E-state index contributed by atoms with van der Waals surface area (Å²) < 4.78 is 0. The highest BCUT2D eigenvalue weighted by atomic mass is 35.5. The van der Waals surface area contributed by atoms with Gasteiger partial charge in [-0.2, -0.15) is 0 Å². The van der Waals surface area contributed by atoms with E-state index in [0.29, 0.717) is 17.3 Å². The van der Waals surface area contributed by atoms with Crippen LogP contribution in [-0.2, 0) is 36.9 Å². The zero-order chi connectivity index (χ0) is 23.5. The largest absolute Gasteiger partial charge is 0.399 e. The van der Waals surface area contributed by atoms with Crippen molar-refractivity contribution >= 4 is 29.0 Å². The van der Waals surface area contributed by atoms with Crippen LogP contribution in [0, 0.1) is 0 Å². The van der Waals surface area contributed by atoms with Gasteiger partial charge in [0.1, 0.15) is 0 Å². The van der Waals surface area contributed by atoms with Gasteiger partial charge >= 0.3 is 0 Å². The van der Waals surface area contributed by atoms with E-state index in [1.807, 2.05) is 48.5 Å². The molecular formula is C28H25ClN4O. The summed E-state index contributed by atoms with van der Waals surface area (Å²) >= 11 is 5.97. The second-order valence-corrected chi connectivity index (χ2v) is 9.00. The van der Waals surface area contributed by atoms with Crippen molar-refractivity contribution < 1.29 is 4.79 Å². The van der Waals surface area contributed by atoms with Gasteiger partial charge < -0.3 is 11.1 Å². The maximum Gasteiger partial charge on any atom is 0.229 e. The Balaban J connectivity index is 1.46. The highest BCUT2D eigenvalue weighted by Crippen LogP contribution is 2.34. The van der Waals surface area contributed by atoms with Crippen molar-refractivity contribution in [2.24, 2.45) is 0 Å². The molecule has 0 aliphatic heterocycles. The summed E-state index contributed by atoms with van der Waals surface area (Å²) in [5.41, 5.74) is 13.7. The molecule has 34 heavy (non-hydrogen) atoms. The monoisotopic (exact) mass is 468 g/mol. The van der Waals surface area contributed by atoms with Gasteiger partial charge in [-0.05, 0) is 66.6 Å². The van der Waals surface area contributed by atoms with E-state index in [-0.39, 0.29) is 12.3 Å². The van der Waals surface area contributed by atoms with E-state index in [9.17, 15) is 4.79 Å². The molecule has 170 valence electrons. The van der Waals surface area contributed by atoms with E-state index in [2.05, 4.69) is 17.4 Å². The van der Waals surface area contributed by atoms with Crippen LogP contribution in [0.2, 0.25) is 5.02 Å². The Morgan fingerprint density at radius 3 is 2.50 bits per heavy atom. The summed E-state index contributed by atoms with van der Waals surface area (Å²) in [6, 6.07) is 23.5. The van der Waals surface area contributed by atoms with Crippen LogP contribution in [-0.4, -0.2) is 15.9 Å². The molecule has 1 aromatic heterocycles. The van der Waals surface area contributed by atoms with Gasteiger partial charge in [-0.1, -0.05) is 60.1 Å². The van der Waals surface area contributed by atoms with Crippen molar-refractivity contribution in [1.29, 1.82) is 0 Å². The van der Waals surface area contributed by atoms with E-state index < -0.39 is 0 Å². The van der Waals surface area contributed by atoms with Crippen LogP contribution in [0.3, 0.4) is 0 Å². The first-order chi connectivity index (χ1) is 16.5. The van der Waals surface area contributed by atoms with Crippen LogP contribution >= 0.6 is 11.6 Å². The standard InChI is InChI=1S/C28H25ClN4O/c29-21-10-6-19(7-11-21)16-26(34)33-28-25(14-8-18-4-2-1-3-5-18)31-27-23-13-12-22(30)17-20(23)9-15-24(27)32-28/h1-7,10-13,17H,8-9,14-16,30H2,(H,32,33,34). The summed E-state index contributed by atoms with van der Waals surface area (Å²) in [6.45, 7) is 0. The number of nitrogens with zero attached hydrogens (tertiary/aromatic N) is 2. The molecule has 0 fully saturated rings. The molecule has 0 saturated heterocycles. The lowest BCUT2D eigenvalue weighted by Crippen LogP contribution is -2.20. The first-order valence-corrected chi connectivity index (χ1v) is 11.8. The Labute approximate surface area is 204 Å². The summed E-state index contributed by atoms with van der Waals surface area (Å²) in [4.78, 5) is 22.8. The molecule has 3 N–H and O–H groups in total. The molecule has 3 aromatic carbocycles. The number of nitrogens with two attached hydrogens (primary N) is 1. The topological polar surface area (TPSA) is 80.9 Å². The van der Waals surface area contributed by atoms with Crippen molar-refractivity contribution in [3.63, 3.8) is 0 Å². The zero-order valence-electron chi connectivity index (χ0n) is 18.7. The number of benzene rings is 3. The van der Waals surface area contributed by atoms with Crippen LogP contribution < -0.4 is 11.1 Å². The second kappa shape index (κ2) is 9.65. The summed E-state index contributed by atoms with van der Waals surface area (Å²) in [5.74, 6) is 0.425. The first-order valence-electron chi connectivity index (χ1n) is 11.4. The highest BCUT2D eigenvalue weighted by molar-refractivity contribution is 6.30. The number of carbonyl (C=O) groups is 1. The van der Waals surface area contributed by atoms with Crippen molar-refractivity contribution in [2.45, 2.75) is 32.1 Å². The fraction of sp³-hybridized carbons (Fsp3) is 0.179. The van der Waals surface area contributed by atoms with Gasteiger partial charge in [0, 0.05) is 16.3 Å². The molecule has 0 unspecified atom stereocenters. The Morgan fingerprint density at radius 2 is 1.71 bits per heavy atom. The van der Waals surface area contributed by atoms with Crippen molar-refractivity contribution in [2.75, 3.05) is 11.1 Å². The quantitative estimate of drug-likeness (QED) is 0.369. The molecule has 0 radical (unpaired) electrons. The second-order valence-electron chi connectivity index (χ2n) is 8.57. The van der Waals surface area contributed by atoms with Crippen molar-refractivity contribution in [3.8, 4) is 11.3 Å². The minimum Gasteiger partial charge on any atom is -0.399 e. The average Bonchev–Trinajstić information content (AvgIpc) is 2.84. The van der Waals surface area contributed by atoms with E-state index in [0.717, 1.165) is 53.2 Å². The average molecular weight is 469 g/mol. The number of aromatic nitrogens is 2. The number of nitrogens with one attached hydrogen (secondary N) is 1. The molecule has 1 amide bonds. The van der Waals surface area contributed by atoms with E-state index >= 15 is 0 Å². The number of nitrogen functional groups attached to an aromatic ring is 1. The Morgan fingerprint density at radius 1 is 0.912 bits per heavy atom. The van der Waals surface area contributed by atoms with Gasteiger partial charge in [-0.25, -0.2) is 9.97 Å². The summed E-state index contributed by atoms with van der Waals surface area (Å²) in [5, 5.41) is 3.68. The van der Waals surface area contributed by atoms with Gasteiger partial charge in [0.05, 0.1) is 23.5 Å². The Bertz CT molecular complexity index is 1340. The SMILES string of the molecule is Nc1ccc2c(c1)CCc1nc(NC(=O)Cc3ccc(Cl)cc3)c(CCc3ccccc3)nc1-2. The van der Waals surface area contributed by atoms with Gasteiger partial charge in [0.25, 0.3) is 0 Å². The van der Waals surface area contributed by atoms with Crippen molar-refractivity contribution in [1.82, 2.24) is 9.97 Å². The molecule has 5 nitrogen and oxygen atoms in total. The molecule has 6 heteroatoms. The van der Waals surface area contributed by atoms with E-state index in [1.54, 1.807) is 12.1 Å². The molecule has 1 heterocycles. The minimum atomic E-state index is -0.124. The third-order valence-electron chi connectivity index (χ3n) is 6.08. The number of aryl methyl sites for hydroxylation is 4. The number of halogens is 1. The predicted octanol–water partition coefficient (Wildman–Crippen LogP) is 5.44. The summed E-state index contributed by atoms with van der Waals surface area (Å²) in [6.07, 6.45) is 3.34. The van der Waals surface area contributed by atoms with E-state index in [1.165, 1.54) is 11.1 Å². The van der Waals surface area contributed by atoms with Crippen LogP contribution in [0.1, 0.15) is 28.1 Å². The molecule has 0 spiro atoms. The Kier molecular flexibility index (Phi) is 6.28. The van der Waals surface area contributed by atoms with Gasteiger partial charge in [-0.15, -0.1) is 0 Å². The molecule has 1 aliphatic carbocycles. The first kappa shape index (κ1) is 22.1. The lowest BCUT2D eigenvalue weighted by molar-refractivity contribution is -0.115. The lowest BCUT2D eigenvalue weighted by atomic mass is 9.91. The number of amides is 1. The maximum atomic E-state index is 12.9. The van der Waals surface area contributed by atoms with Crippen molar-refractivity contribution in [3.05, 3.63) is 106 Å². The maximum absolute atomic E-state index is 12.9. The molecule has 0 atom stereocenters. The minimum absolute atomic E-state index is 0.124. The zero-order valence-corrected chi connectivity index (χ0v) is 19.5. The smallest absolute Gasteiger partial charge is 0.229 e. The van der Waals surface area contributed by atoms with E-state index in [4.69, 9.17) is 27.3 Å².